The van der Waals surface area contributed by atoms with Gasteiger partial charge in [-0.1, -0.05) is 13.8 Å². The Kier molecular flexibility index (Phi) is 2.42. The van der Waals surface area contributed by atoms with Gasteiger partial charge in [0.05, 0.1) is 7.11 Å². The molecule has 2 atom stereocenters. The molecule has 2 N–H and O–H groups in total. The lowest BCUT2D eigenvalue weighted by Crippen LogP contribution is -2.36. The number of ether oxygens (including phenoxy) is 1. The second-order valence-corrected chi connectivity index (χ2v) is 4.06. The molecule has 70 valence electrons. The molecule has 1 fully saturated rings. The van der Waals surface area contributed by atoms with E-state index in [1.807, 2.05) is 0 Å². The molecular formula is C9H17NO2. The average Bonchev–Trinajstić information content (AvgIpc) is 2.60. The maximum Gasteiger partial charge on any atom is 0.326 e. The van der Waals surface area contributed by atoms with Crippen LogP contribution in [0.3, 0.4) is 0 Å². The molecule has 0 saturated heterocycles. The maximum atomic E-state index is 11.1. The van der Waals surface area contributed by atoms with Gasteiger partial charge in [-0.25, -0.2) is 0 Å². The van der Waals surface area contributed by atoms with Gasteiger partial charge in [-0.2, -0.15) is 0 Å². The third-order valence-corrected chi connectivity index (χ3v) is 2.47. The molecule has 1 aliphatic rings. The number of hydrogen-bond acceptors (Lipinski definition) is 3. The summed E-state index contributed by atoms with van der Waals surface area (Å²) in [5.74, 6) is 0.684. The van der Waals surface area contributed by atoms with Crippen LogP contribution < -0.4 is 5.73 Å². The Morgan fingerprint density at radius 3 is 2.75 bits per heavy atom. The van der Waals surface area contributed by atoms with Crippen LogP contribution in [0, 0.1) is 11.8 Å². The smallest absolute Gasteiger partial charge is 0.326 e. The van der Waals surface area contributed by atoms with Crippen LogP contribution in [0.4, 0.5) is 0 Å². The molecule has 1 rings (SSSR count). The van der Waals surface area contributed by atoms with Crippen molar-refractivity contribution in [1.82, 2.24) is 0 Å². The van der Waals surface area contributed by atoms with E-state index >= 15 is 0 Å². The Labute approximate surface area is 73.3 Å². The van der Waals surface area contributed by atoms with E-state index in [0.717, 1.165) is 12.8 Å². The van der Waals surface area contributed by atoms with Crippen molar-refractivity contribution in [3.8, 4) is 0 Å². The molecule has 0 bridgehead atoms. The highest BCUT2D eigenvalue weighted by molar-refractivity contribution is 5.84. The minimum absolute atomic E-state index is 0.256. The van der Waals surface area contributed by atoms with Gasteiger partial charge in [0.15, 0.2) is 0 Å². The fraction of sp³-hybridized carbons (Fsp3) is 0.889. The van der Waals surface area contributed by atoms with Crippen molar-refractivity contribution in [3.63, 3.8) is 0 Å². The molecule has 0 aromatic rings. The highest BCUT2D eigenvalue weighted by Gasteiger charge is 2.57. The van der Waals surface area contributed by atoms with Gasteiger partial charge in [0.1, 0.15) is 5.54 Å². The Hall–Kier alpha value is -0.570. The van der Waals surface area contributed by atoms with Crippen LogP contribution in [0.25, 0.3) is 0 Å². The van der Waals surface area contributed by atoms with E-state index in [9.17, 15) is 4.79 Å². The van der Waals surface area contributed by atoms with Gasteiger partial charge in [-0.05, 0) is 24.7 Å². The van der Waals surface area contributed by atoms with Gasteiger partial charge in [0.2, 0.25) is 0 Å². The fourth-order valence-corrected chi connectivity index (χ4v) is 1.65. The molecule has 0 amide bonds. The summed E-state index contributed by atoms with van der Waals surface area (Å²) in [5.41, 5.74) is 5.16. The first-order valence-electron chi connectivity index (χ1n) is 4.38. The van der Waals surface area contributed by atoms with Crippen molar-refractivity contribution in [2.24, 2.45) is 17.6 Å². The van der Waals surface area contributed by atoms with Crippen molar-refractivity contribution in [2.75, 3.05) is 7.11 Å². The summed E-state index contributed by atoms with van der Waals surface area (Å²) in [4.78, 5) is 11.1. The van der Waals surface area contributed by atoms with Crippen LogP contribution in [0.15, 0.2) is 0 Å². The molecule has 3 heteroatoms. The quantitative estimate of drug-likeness (QED) is 0.642. The number of nitrogens with two attached hydrogens (primary N) is 1. The lowest BCUT2D eigenvalue weighted by Gasteiger charge is -2.09. The van der Waals surface area contributed by atoms with E-state index in [1.54, 1.807) is 0 Å². The topological polar surface area (TPSA) is 52.3 Å². The zero-order valence-electron chi connectivity index (χ0n) is 7.96. The van der Waals surface area contributed by atoms with E-state index in [4.69, 9.17) is 5.73 Å². The van der Waals surface area contributed by atoms with E-state index in [0.29, 0.717) is 11.8 Å². The van der Waals surface area contributed by atoms with E-state index in [2.05, 4.69) is 18.6 Å². The minimum Gasteiger partial charge on any atom is -0.468 e. The first-order chi connectivity index (χ1) is 5.50. The lowest BCUT2D eigenvalue weighted by molar-refractivity contribution is -0.143. The molecule has 0 spiro atoms. The Morgan fingerprint density at radius 1 is 1.75 bits per heavy atom. The SMILES string of the molecule is COC(=O)C1(N)CC1CC(C)C. The summed E-state index contributed by atoms with van der Waals surface area (Å²) < 4.78 is 4.63. The van der Waals surface area contributed by atoms with Crippen LogP contribution in [-0.2, 0) is 9.53 Å². The predicted molar refractivity (Wildman–Crippen MR) is 46.5 cm³/mol. The van der Waals surface area contributed by atoms with E-state index in [-0.39, 0.29) is 5.97 Å². The Morgan fingerprint density at radius 2 is 2.33 bits per heavy atom. The molecule has 2 unspecified atom stereocenters. The summed E-state index contributed by atoms with van der Waals surface area (Å²) >= 11 is 0. The van der Waals surface area contributed by atoms with Gasteiger partial charge < -0.3 is 10.5 Å². The van der Waals surface area contributed by atoms with Crippen LogP contribution in [0.2, 0.25) is 0 Å². The maximum absolute atomic E-state index is 11.1. The first kappa shape index (κ1) is 9.52. The summed E-state index contributed by atoms with van der Waals surface area (Å²) in [7, 11) is 1.39. The van der Waals surface area contributed by atoms with Crippen LogP contribution in [0.5, 0.6) is 0 Å². The lowest BCUT2D eigenvalue weighted by atomic mass is 10.0. The molecule has 12 heavy (non-hydrogen) atoms. The molecule has 0 aromatic carbocycles. The molecule has 1 saturated carbocycles. The van der Waals surface area contributed by atoms with Crippen molar-refractivity contribution in [1.29, 1.82) is 0 Å². The molecule has 0 heterocycles. The monoisotopic (exact) mass is 171 g/mol. The van der Waals surface area contributed by atoms with Crippen molar-refractivity contribution < 1.29 is 9.53 Å². The van der Waals surface area contributed by atoms with E-state index in [1.165, 1.54) is 7.11 Å². The van der Waals surface area contributed by atoms with Gasteiger partial charge in [0, 0.05) is 0 Å². The van der Waals surface area contributed by atoms with Gasteiger partial charge in [0.25, 0.3) is 0 Å². The summed E-state index contributed by atoms with van der Waals surface area (Å²) in [6.07, 6.45) is 1.81. The largest absolute Gasteiger partial charge is 0.468 e. The highest BCUT2D eigenvalue weighted by atomic mass is 16.5. The number of esters is 1. The Balaban J connectivity index is 2.43. The third-order valence-electron chi connectivity index (χ3n) is 2.47. The van der Waals surface area contributed by atoms with Gasteiger partial charge in [-0.15, -0.1) is 0 Å². The summed E-state index contributed by atoms with van der Waals surface area (Å²) in [6.45, 7) is 4.27. The second kappa shape index (κ2) is 3.05. The second-order valence-electron chi connectivity index (χ2n) is 4.06. The number of rotatable bonds is 3. The van der Waals surface area contributed by atoms with Crippen molar-refractivity contribution >= 4 is 5.97 Å². The average molecular weight is 171 g/mol. The minimum atomic E-state index is -0.654. The van der Waals surface area contributed by atoms with Crippen molar-refractivity contribution in [2.45, 2.75) is 32.2 Å². The standard InChI is InChI=1S/C9H17NO2/c1-6(2)4-7-5-9(7,10)8(11)12-3/h6-7H,4-5,10H2,1-3H3. The van der Waals surface area contributed by atoms with Crippen LogP contribution in [-0.4, -0.2) is 18.6 Å². The predicted octanol–water partition coefficient (Wildman–Crippen LogP) is 0.923. The van der Waals surface area contributed by atoms with Gasteiger partial charge in [-0.3, -0.25) is 4.79 Å². The zero-order chi connectivity index (χ0) is 9.35. The fourth-order valence-electron chi connectivity index (χ4n) is 1.65. The zero-order valence-corrected chi connectivity index (χ0v) is 7.96. The van der Waals surface area contributed by atoms with Crippen LogP contribution >= 0.6 is 0 Å². The van der Waals surface area contributed by atoms with E-state index < -0.39 is 5.54 Å². The number of methoxy groups -OCH3 is 1. The Bertz CT molecular complexity index is 191. The molecule has 3 nitrogen and oxygen atoms in total. The molecule has 0 aromatic heterocycles. The normalized spacial score (nSPS) is 33.6. The summed E-state index contributed by atoms with van der Waals surface area (Å²) in [5, 5.41) is 0. The third kappa shape index (κ3) is 1.61. The first-order valence-corrected chi connectivity index (χ1v) is 4.38. The molecular weight excluding hydrogens is 154 g/mol. The molecule has 0 radical (unpaired) electrons. The summed E-state index contributed by atoms with van der Waals surface area (Å²) in [6, 6.07) is 0. The highest BCUT2D eigenvalue weighted by Crippen LogP contribution is 2.45. The number of carbonyl (C=O) groups is 1. The van der Waals surface area contributed by atoms with Gasteiger partial charge >= 0.3 is 5.97 Å². The number of carbonyl (C=O) groups excluding carboxylic acids is 1. The molecule has 1 aliphatic carbocycles. The van der Waals surface area contributed by atoms with Crippen LogP contribution in [0.1, 0.15) is 26.7 Å². The molecule has 0 aliphatic heterocycles. The van der Waals surface area contributed by atoms with Crippen molar-refractivity contribution in [3.05, 3.63) is 0 Å². The number of hydrogen-bond donors (Lipinski definition) is 1.